The van der Waals surface area contributed by atoms with E-state index in [1.165, 1.54) is 92.1 Å². The van der Waals surface area contributed by atoms with E-state index >= 15 is 0 Å². The highest BCUT2D eigenvalue weighted by atomic mass is 35.5. The molecular weight excluding hydrogens is 1720 g/mol. The van der Waals surface area contributed by atoms with Crippen molar-refractivity contribution in [3.8, 4) is 92.5 Å². The number of amides is 1. The van der Waals surface area contributed by atoms with Crippen LogP contribution in [0.3, 0.4) is 0 Å². The van der Waals surface area contributed by atoms with Crippen LogP contribution in [0.5, 0.6) is 92.5 Å². The lowest BCUT2D eigenvalue weighted by Crippen LogP contribution is -2.50. The van der Waals surface area contributed by atoms with Crippen LogP contribution < -0.4 is 62.2 Å². The van der Waals surface area contributed by atoms with Gasteiger partial charge in [-0.05, 0) is 198 Å². The highest BCUT2D eigenvalue weighted by molar-refractivity contribution is 6.18. The third-order valence-corrected chi connectivity index (χ3v) is 24.0. The van der Waals surface area contributed by atoms with Crippen LogP contribution in [0.15, 0.2) is 169 Å². The smallest absolute Gasteiger partial charge is 0.410 e. The van der Waals surface area contributed by atoms with Crippen LogP contribution in [0.1, 0.15) is 99.9 Å². The zero-order valence-corrected chi connectivity index (χ0v) is 78.9. The average Bonchev–Trinajstić information content (AvgIpc) is 1.77. The first-order chi connectivity index (χ1) is 65.0. The highest BCUT2D eigenvalue weighted by Gasteiger charge is 2.29. The van der Waals surface area contributed by atoms with Crippen molar-refractivity contribution in [2.24, 2.45) is 0 Å². The number of fused-ring (bicyclic) bond motifs is 8. The zero-order valence-electron chi connectivity index (χ0n) is 78.2. The molecule has 19 rings (SSSR count). The second kappa shape index (κ2) is 43.6. The Morgan fingerprint density at radius 2 is 0.657 bits per heavy atom. The maximum absolute atomic E-state index is 12.3. The molecule has 0 bridgehead atoms. The van der Waals surface area contributed by atoms with Crippen molar-refractivity contribution in [2.75, 3.05) is 165 Å². The predicted octanol–water partition coefficient (Wildman–Crippen LogP) is 18.0. The van der Waals surface area contributed by atoms with E-state index in [0.717, 1.165) is 166 Å². The lowest BCUT2D eigenvalue weighted by Gasteiger charge is -2.35. The molecule has 0 radical (unpaired) electrons. The first-order valence-corrected chi connectivity index (χ1v) is 45.9. The molecule has 8 aromatic carbocycles. The second-order valence-corrected chi connectivity index (χ2v) is 35.5. The number of piperazine rings is 3. The molecule has 4 aliphatic carbocycles. The molecule has 7 aliphatic rings. The fourth-order valence-electron chi connectivity index (χ4n) is 17.1. The minimum atomic E-state index is -0.489. The molecule has 30 heteroatoms. The summed E-state index contributed by atoms with van der Waals surface area (Å²) in [4.78, 5) is 69.7. The second-order valence-electron chi connectivity index (χ2n) is 35.1. The van der Waals surface area contributed by atoms with E-state index < -0.39 is 5.60 Å². The van der Waals surface area contributed by atoms with Crippen molar-refractivity contribution in [3.05, 3.63) is 213 Å². The van der Waals surface area contributed by atoms with E-state index in [-0.39, 0.29) is 11.9 Å². The minimum absolute atomic E-state index is 0.215. The molecule has 1 amide bonds. The number of ether oxygens (including phenoxy) is 13. The molecular formula is C104H115ClN14O15. The van der Waals surface area contributed by atoms with Crippen molar-refractivity contribution in [3.63, 3.8) is 0 Å². The summed E-state index contributed by atoms with van der Waals surface area (Å²) in [5.41, 5.74) is 17.8. The van der Waals surface area contributed by atoms with E-state index in [2.05, 4.69) is 153 Å². The third-order valence-electron chi connectivity index (χ3n) is 23.8. The van der Waals surface area contributed by atoms with E-state index in [9.17, 15) is 9.59 Å². The molecule has 0 saturated carbocycles. The predicted molar refractivity (Wildman–Crippen MR) is 520 cm³/mol. The Labute approximate surface area is 786 Å². The van der Waals surface area contributed by atoms with Gasteiger partial charge in [-0.15, -0.1) is 11.6 Å². The van der Waals surface area contributed by atoms with Crippen LogP contribution in [0.2, 0.25) is 0 Å². The first-order valence-electron chi connectivity index (χ1n) is 45.4. The molecule has 7 heterocycles. The van der Waals surface area contributed by atoms with Gasteiger partial charge in [-0.25, -0.2) is 44.7 Å². The quantitative estimate of drug-likeness (QED) is 0.0426. The number of rotatable bonds is 29. The Kier molecular flexibility index (Phi) is 30.6. The Morgan fingerprint density at radius 1 is 0.366 bits per heavy atom. The number of allylic oxidation sites excluding steroid dienone is 4. The number of Topliss-reactive ketones (excluding diaryl/α,β-unsaturated/α-hetero) is 1. The molecule has 1 N–H and O–H groups in total. The van der Waals surface area contributed by atoms with E-state index in [0.29, 0.717) is 132 Å². The van der Waals surface area contributed by atoms with Gasteiger partial charge in [-0.3, -0.25) is 24.4 Å². The topological polar surface area (TPSA) is 285 Å². The number of halogens is 1. The van der Waals surface area contributed by atoms with Crippen LogP contribution in [-0.2, 0) is 35.2 Å². The molecule has 0 spiro atoms. The summed E-state index contributed by atoms with van der Waals surface area (Å²) < 4.78 is 76.3. The zero-order chi connectivity index (χ0) is 93.4. The van der Waals surface area contributed by atoms with Crippen molar-refractivity contribution in [1.29, 1.82) is 0 Å². The Morgan fingerprint density at radius 3 is 0.948 bits per heavy atom. The highest BCUT2D eigenvalue weighted by Crippen LogP contribution is 2.44. The van der Waals surface area contributed by atoms with Crippen molar-refractivity contribution >= 4 is 91.4 Å². The molecule has 29 nitrogen and oxygen atoms in total. The first kappa shape index (κ1) is 93.9. The number of nitrogens with one attached hydrogen (secondary N) is 1. The van der Waals surface area contributed by atoms with Gasteiger partial charge in [0.2, 0.25) is 23.5 Å². The van der Waals surface area contributed by atoms with Gasteiger partial charge in [0.1, 0.15) is 86.1 Å². The summed E-state index contributed by atoms with van der Waals surface area (Å²) in [6, 6.07) is 39.4. The Balaban J connectivity index is 0.000000131. The molecule has 4 aromatic heterocycles. The van der Waals surface area contributed by atoms with Crippen molar-refractivity contribution < 1.29 is 71.2 Å². The van der Waals surface area contributed by atoms with Gasteiger partial charge in [-0.1, -0.05) is 70.9 Å². The van der Waals surface area contributed by atoms with Gasteiger partial charge in [0, 0.05) is 122 Å². The van der Waals surface area contributed by atoms with E-state index in [1.54, 1.807) is 40.3 Å². The van der Waals surface area contributed by atoms with Crippen LogP contribution in [0.25, 0.3) is 67.9 Å². The van der Waals surface area contributed by atoms with Gasteiger partial charge in [0.15, 0.2) is 46.0 Å². The lowest BCUT2D eigenvalue weighted by atomic mass is 10.1. The number of aromatic nitrogens is 8. The largest absolute Gasteiger partial charge is 0.493 e. The third kappa shape index (κ3) is 24.0. The number of hydrogen-bond acceptors (Lipinski definition) is 28. The number of nitrogens with zero attached hydrogens (tertiary/aromatic N) is 13. The van der Waals surface area contributed by atoms with E-state index in [4.69, 9.17) is 73.2 Å². The summed E-state index contributed by atoms with van der Waals surface area (Å²) in [6.45, 7) is 31.4. The van der Waals surface area contributed by atoms with Crippen LogP contribution >= 0.6 is 11.6 Å². The van der Waals surface area contributed by atoms with Crippen molar-refractivity contribution in [2.45, 2.75) is 86.7 Å². The lowest BCUT2D eigenvalue weighted by molar-refractivity contribution is -0.118. The monoisotopic (exact) mass is 1830 g/mol. The fraction of sp³-hybridized carbons (Fsp3) is 0.365. The van der Waals surface area contributed by atoms with E-state index in [1.807, 2.05) is 106 Å². The maximum atomic E-state index is 12.3. The number of benzene rings is 8. The molecule has 698 valence electrons. The molecule has 3 saturated heterocycles. The van der Waals surface area contributed by atoms with Gasteiger partial charge < -0.3 is 71.8 Å². The Hall–Kier alpha value is -13.3. The minimum Gasteiger partial charge on any atom is -0.493 e. The molecule has 0 unspecified atom stereocenters. The number of hydrogen-bond donors (Lipinski definition) is 1. The van der Waals surface area contributed by atoms with Crippen LogP contribution in [-0.4, -0.2) is 247 Å². The van der Waals surface area contributed by atoms with Gasteiger partial charge in [0.25, 0.3) is 0 Å². The number of ketones is 1. The molecule has 3 fully saturated rings. The SMILES string of the molecule is COc1cc2c(Oc3ccc4c(c3)C=C(C)C4)ncnc2cc1OCCCl.COc1cc2c(Oc3ccc4c(c3)C=C(C)C4)ncnc2cc1OCCN1CCN(C(=O)OC(C)(C)C)CC1.COc1cc2c(Oc3ccc4c(c3)C=C(C)C4)ncnc2cc1OCCN1CCN(CC(C)=O)CC1.COc1cc2c(Oc3ccc4c(c3)C=C(C)C4)ncnc2cc1OCCN1CCNCC1. The molecule has 134 heavy (non-hydrogen) atoms. The normalized spacial score (nSPS) is 15.2. The summed E-state index contributed by atoms with van der Waals surface area (Å²) in [6.07, 6.45) is 18.5. The summed E-state index contributed by atoms with van der Waals surface area (Å²) in [5.74, 6) is 10.4. The Bertz CT molecular complexity index is 6400. The fourth-order valence-corrected chi connectivity index (χ4v) is 17.2. The van der Waals surface area contributed by atoms with Crippen LogP contribution in [0, 0.1) is 0 Å². The molecule has 3 aliphatic heterocycles. The number of carbonyl (C=O) groups excluding carboxylic acids is 2. The van der Waals surface area contributed by atoms with Gasteiger partial charge >= 0.3 is 6.09 Å². The maximum Gasteiger partial charge on any atom is 0.410 e. The average molecular weight is 1840 g/mol. The number of alkyl halides is 1. The number of methoxy groups -OCH3 is 4. The van der Waals surface area contributed by atoms with Crippen molar-refractivity contribution in [1.82, 2.24) is 69.7 Å². The molecule has 0 atom stereocenters. The standard InChI is InChI=1S/C30H36N4O5.C28H32N4O4.C25H28N4O3.C21H19ClN2O3/c1-20-14-21-6-7-23(16-22(21)15-20)38-28-24-17-26(36-5)27(18-25(24)31-19-32-28)37-13-12-33-8-10-34(11-9-33)29(35)39-30(2,3)4;1-19-12-21-4-5-23(14-22(21)13-19)36-28-24-15-26(34-3)27(16-25(24)29-18-30-28)35-11-10-31-6-8-32(9-7-31)17-20(2)33;1-17-11-18-3-4-20(13-19(18)12-17)32-25-21-14-23(30-2)24(15-22(21)27-16-28-25)31-10-9-29-7-5-26-6-8-29;1-13-7-14-3-4-16(9-15(14)8-13)27-21-17-10-19(25-2)20(26-6-5-22)11-18(17)23-12-24-21/h6-7,15-19H,8-14H2,1-5H3;4-5,13-16,18H,6-12,17H2,1-3H3;3-4,12-16,26H,5-11H2,1-2H3;3-4,8-12H,5-7H2,1-2H3. The van der Waals surface area contributed by atoms with Gasteiger partial charge in [0.05, 0.1) is 84.5 Å². The molecule has 12 aromatic rings. The summed E-state index contributed by atoms with van der Waals surface area (Å²) in [7, 11) is 6.48. The summed E-state index contributed by atoms with van der Waals surface area (Å²) >= 11 is 5.71. The number of carbonyl (C=O) groups is 2. The van der Waals surface area contributed by atoms with Gasteiger partial charge in [-0.2, -0.15) is 0 Å². The summed E-state index contributed by atoms with van der Waals surface area (Å²) in [5, 5.41) is 6.40. The van der Waals surface area contributed by atoms with Crippen LogP contribution in [0.4, 0.5) is 4.79 Å².